The van der Waals surface area contributed by atoms with Crippen LogP contribution in [0.4, 0.5) is 0 Å². The number of likely N-dealkylation sites (N-methyl/N-ethyl adjacent to an activating group) is 1. The summed E-state index contributed by atoms with van der Waals surface area (Å²) in [5.41, 5.74) is 2.68. The Morgan fingerprint density at radius 2 is 2.20 bits per heavy atom. The Labute approximate surface area is 126 Å². The van der Waals surface area contributed by atoms with Gasteiger partial charge in [0.2, 0.25) is 5.91 Å². The molecule has 2 rings (SSSR count). The van der Waals surface area contributed by atoms with Crippen LogP contribution in [0.1, 0.15) is 23.6 Å². The molecule has 1 aromatic carbocycles. The number of carbonyl (C=O) groups is 1. The molecule has 0 fully saturated rings. The third-order valence-corrected chi connectivity index (χ3v) is 3.72. The van der Waals surface area contributed by atoms with Gasteiger partial charge in [0.05, 0.1) is 19.2 Å². The average molecular weight is 299 g/mol. The first kappa shape index (κ1) is 17.0. The van der Waals surface area contributed by atoms with Gasteiger partial charge in [0, 0.05) is 20.7 Å². The Kier molecular flexibility index (Phi) is 6.99. The molecule has 4 nitrogen and oxygen atoms in total. The SMILES string of the molecule is COCCNCC(=O)N(C)C1CCc2ccccc21.Cl. The predicted octanol–water partition coefficient (Wildman–Crippen LogP) is 1.79. The number of aryl methyl sites for hydroxylation is 1. The highest BCUT2D eigenvalue weighted by Crippen LogP contribution is 2.34. The van der Waals surface area contributed by atoms with Gasteiger partial charge in [0.1, 0.15) is 0 Å². The normalized spacial score (nSPS) is 16.4. The molecule has 0 saturated heterocycles. The second-order valence-corrected chi connectivity index (χ2v) is 4.93. The Bertz CT molecular complexity index is 440. The molecule has 1 aliphatic rings. The summed E-state index contributed by atoms with van der Waals surface area (Å²) in [5.74, 6) is 0.137. The lowest BCUT2D eigenvalue weighted by molar-refractivity contribution is -0.131. The maximum atomic E-state index is 12.1. The number of rotatable bonds is 6. The molecule has 0 spiro atoms. The quantitative estimate of drug-likeness (QED) is 0.814. The highest BCUT2D eigenvalue weighted by atomic mass is 35.5. The fraction of sp³-hybridized carbons (Fsp3) is 0.533. The molecular formula is C15H23ClN2O2. The summed E-state index contributed by atoms with van der Waals surface area (Å²) >= 11 is 0. The van der Waals surface area contributed by atoms with Crippen LogP contribution in [0.15, 0.2) is 24.3 Å². The number of benzene rings is 1. The Balaban J connectivity index is 0.00000200. The predicted molar refractivity (Wildman–Crippen MR) is 82.3 cm³/mol. The minimum Gasteiger partial charge on any atom is -0.383 e. The fourth-order valence-corrected chi connectivity index (χ4v) is 2.61. The molecule has 0 radical (unpaired) electrons. The van der Waals surface area contributed by atoms with Crippen LogP contribution in [0.25, 0.3) is 0 Å². The Morgan fingerprint density at radius 3 is 2.95 bits per heavy atom. The van der Waals surface area contributed by atoms with Crippen molar-refractivity contribution in [3.8, 4) is 0 Å². The van der Waals surface area contributed by atoms with E-state index in [-0.39, 0.29) is 24.4 Å². The number of fused-ring (bicyclic) bond motifs is 1. The lowest BCUT2D eigenvalue weighted by Crippen LogP contribution is -2.38. The van der Waals surface area contributed by atoms with E-state index in [4.69, 9.17) is 4.74 Å². The number of nitrogens with zero attached hydrogens (tertiary/aromatic N) is 1. The molecule has 1 atom stereocenters. The molecule has 1 amide bonds. The zero-order valence-electron chi connectivity index (χ0n) is 12.1. The van der Waals surface area contributed by atoms with Crippen molar-refractivity contribution in [1.29, 1.82) is 0 Å². The van der Waals surface area contributed by atoms with Crippen LogP contribution in [-0.4, -0.2) is 44.7 Å². The number of methoxy groups -OCH3 is 1. The second kappa shape index (κ2) is 8.25. The van der Waals surface area contributed by atoms with Gasteiger partial charge < -0.3 is 15.0 Å². The summed E-state index contributed by atoms with van der Waals surface area (Å²) in [4.78, 5) is 14.0. The summed E-state index contributed by atoms with van der Waals surface area (Å²) in [6.45, 7) is 1.71. The van der Waals surface area contributed by atoms with Crippen molar-refractivity contribution >= 4 is 18.3 Å². The van der Waals surface area contributed by atoms with E-state index in [1.807, 2.05) is 18.0 Å². The lowest BCUT2D eigenvalue weighted by atomic mass is 10.1. The number of hydrogen-bond donors (Lipinski definition) is 1. The van der Waals surface area contributed by atoms with Crippen molar-refractivity contribution < 1.29 is 9.53 Å². The standard InChI is InChI=1S/C15H22N2O2.ClH/c1-17(15(18)11-16-9-10-19-2)14-8-7-12-5-3-4-6-13(12)14;/h3-6,14,16H,7-11H2,1-2H3;1H. The largest absolute Gasteiger partial charge is 0.383 e. The Hall–Kier alpha value is -1.10. The summed E-state index contributed by atoms with van der Waals surface area (Å²) in [6, 6.07) is 8.63. The van der Waals surface area contributed by atoms with Gasteiger partial charge in [-0.15, -0.1) is 12.4 Å². The molecule has 0 aromatic heterocycles. The molecule has 5 heteroatoms. The second-order valence-electron chi connectivity index (χ2n) is 4.93. The minimum absolute atomic E-state index is 0. The zero-order valence-corrected chi connectivity index (χ0v) is 12.9. The number of amides is 1. The maximum Gasteiger partial charge on any atom is 0.236 e. The van der Waals surface area contributed by atoms with Crippen molar-refractivity contribution in [3.05, 3.63) is 35.4 Å². The lowest BCUT2D eigenvalue weighted by Gasteiger charge is -2.25. The average Bonchev–Trinajstić information content (AvgIpc) is 2.86. The number of carbonyl (C=O) groups excluding carboxylic acids is 1. The molecule has 1 N–H and O–H groups in total. The van der Waals surface area contributed by atoms with Crippen molar-refractivity contribution in [1.82, 2.24) is 10.2 Å². The molecule has 20 heavy (non-hydrogen) atoms. The van der Waals surface area contributed by atoms with E-state index < -0.39 is 0 Å². The first-order valence-electron chi connectivity index (χ1n) is 6.77. The van der Waals surface area contributed by atoms with Gasteiger partial charge in [-0.1, -0.05) is 24.3 Å². The van der Waals surface area contributed by atoms with Gasteiger partial charge >= 0.3 is 0 Å². The third kappa shape index (κ3) is 3.95. The minimum atomic E-state index is 0. The van der Waals surface area contributed by atoms with Crippen molar-refractivity contribution in [2.45, 2.75) is 18.9 Å². The van der Waals surface area contributed by atoms with E-state index in [1.165, 1.54) is 11.1 Å². The number of hydrogen-bond acceptors (Lipinski definition) is 3. The van der Waals surface area contributed by atoms with Crippen LogP contribution in [0, 0.1) is 0 Å². The van der Waals surface area contributed by atoms with Crippen LogP contribution in [-0.2, 0) is 16.0 Å². The smallest absolute Gasteiger partial charge is 0.236 e. The van der Waals surface area contributed by atoms with Crippen molar-refractivity contribution in [2.75, 3.05) is 33.9 Å². The molecule has 1 aromatic rings. The van der Waals surface area contributed by atoms with Crippen LogP contribution in [0.3, 0.4) is 0 Å². The molecular weight excluding hydrogens is 276 g/mol. The van der Waals surface area contributed by atoms with E-state index in [9.17, 15) is 4.79 Å². The topological polar surface area (TPSA) is 41.6 Å². The summed E-state index contributed by atoms with van der Waals surface area (Å²) in [7, 11) is 3.55. The molecule has 0 heterocycles. The van der Waals surface area contributed by atoms with E-state index in [0.717, 1.165) is 12.8 Å². The molecule has 1 aliphatic carbocycles. The maximum absolute atomic E-state index is 12.1. The fourth-order valence-electron chi connectivity index (χ4n) is 2.61. The third-order valence-electron chi connectivity index (χ3n) is 3.72. The molecule has 0 aliphatic heterocycles. The van der Waals surface area contributed by atoms with Crippen LogP contribution in [0.5, 0.6) is 0 Å². The molecule has 0 bridgehead atoms. The van der Waals surface area contributed by atoms with E-state index in [0.29, 0.717) is 19.7 Å². The van der Waals surface area contributed by atoms with Crippen molar-refractivity contribution in [3.63, 3.8) is 0 Å². The molecule has 112 valence electrons. The molecule has 0 saturated carbocycles. The number of halogens is 1. The van der Waals surface area contributed by atoms with Crippen LogP contribution in [0.2, 0.25) is 0 Å². The highest BCUT2D eigenvalue weighted by Gasteiger charge is 2.27. The summed E-state index contributed by atoms with van der Waals surface area (Å²) in [5, 5.41) is 3.10. The summed E-state index contributed by atoms with van der Waals surface area (Å²) in [6.07, 6.45) is 2.09. The van der Waals surface area contributed by atoms with Gasteiger partial charge in [-0.25, -0.2) is 0 Å². The van der Waals surface area contributed by atoms with Crippen LogP contribution >= 0.6 is 12.4 Å². The van der Waals surface area contributed by atoms with Gasteiger partial charge in [-0.3, -0.25) is 4.79 Å². The zero-order chi connectivity index (χ0) is 13.7. The highest BCUT2D eigenvalue weighted by molar-refractivity contribution is 5.85. The van der Waals surface area contributed by atoms with E-state index in [1.54, 1.807) is 7.11 Å². The summed E-state index contributed by atoms with van der Waals surface area (Å²) < 4.78 is 4.94. The van der Waals surface area contributed by atoms with Gasteiger partial charge in [-0.05, 0) is 24.0 Å². The Morgan fingerprint density at radius 1 is 1.45 bits per heavy atom. The number of ether oxygens (including phenoxy) is 1. The van der Waals surface area contributed by atoms with E-state index >= 15 is 0 Å². The van der Waals surface area contributed by atoms with Gasteiger partial charge in [-0.2, -0.15) is 0 Å². The first-order valence-corrected chi connectivity index (χ1v) is 6.77. The monoisotopic (exact) mass is 298 g/mol. The van der Waals surface area contributed by atoms with Gasteiger partial charge in [0.15, 0.2) is 0 Å². The molecule has 1 unspecified atom stereocenters. The van der Waals surface area contributed by atoms with Gasteiger partial charge in [0.25, 0.3) is 0 Å². The van der Waals surface area contributed by atoms with Crippen molar-refractivity contribution in [2.24, 2.45) is 0 Å². The van der Waals surface area contributed by atoms with E-state index in [2.05, 4.69) is 23.5 Å². The first-order chi connectivity index (χ1) is 9.24. The number of nitrogens with one attached hydrogen (secondary N) is 1. The van der Waals surface area contributed by atoms with Crippen LogP contribution < -0.4 is 5.32 Å².